The summed E-state index contributed by atoms with van der Waals surface area (Å²) in [6.07, 6.45) is 0. The number of fused-ring (bicyclic) bond motifs is 1. The monoisotopic (exact) mass is 421 g/mol. The van der Waals surface area contributed by atoms with E-state index in [1.807, 2.05) is 42.5 Å². The fourth-order valence-corrected chi connectivity index (χ4v) is 3.48. The first-order valence-electron chi connectivity index (χ1n) is 9.25. The molecule has 152 valence electrons. The standard InChI is InChI=1S/C23H20ClN3O3/c1-29-21-13-22(30-2)20(12-17(21)24)27-23(28)25-16-8-5-7-14(10-16)19-11-15-6-3-4-9-18(15)26-19/h3-13,26H,1-2H3,(H2,25,27,28). The maximum Gasteiger partial charge on any atom is 0.323 e. The van der Waals surface area contributed by atoms with Gasteiger partial charge in [-0.2, -0.15) is 0 Å². The SMILES string of the molecule is COc1cc(OC)c(NC(=O)Nc2cccc(-c3cc4ccccc4[nH]3)c2)cc1Cl. The smallest absolute Gasteiger partial charge is 0.323 e. The van der Waals surface area contributed by atoms with Gasteiger partial charge in [0.25, 0.3) is 0 Å². The summed E-state index contributed by atoms with van der Waals surface area (Å²) in [5, 5.41) is 7.10. The number of amides is 2. The summed E-state index contributed by atoms with van der Waals surface area (Å²) in [5.41, 5.74) is 4.10. The number of hydrogen-bond donors (Lipinski definition) is 3. The fraction of sp³-hybridized carbons (Fsp3) is 0.0870. The number of ether oxygens (including phenoxy) is 2. The quantitative estimate of drug-likeness (QED) is 0.361. The number of methoxy groups -OCH3 is 2. The first kappa shape index (κ1) is 19.7. The summed E-state index contributed by atoms with van der Waals surface area (Å²) < 4.78 is 10.5. The molecule has 0 atom stereocenters. The molecule has 30 heavy (non-hydrogen) atoms. The molecule has 0 saturated heterocycles. The van der Waals surface area contributed by atoms with Crippen LogP contribution in [-0.2, 0) is 0 Å². The Morgan fingerprint density at radius 1 is 0.900 bits per heavy atom. The normalized spacial score (nSPS) is 10.6. The Morgan fingerprint density at radius 2 is 1.70 bits per heavy atom. The maximum absolute atomic E-state index is 12.5. The van der Waals surface area contributed by atoms with E-state index in [0.29, 0.717) is 27.9 Å². The molecule has 0 bridgehead atoms. The highest BCUT2D eigenvalue weighted by Crippen LogP contribution is 2.36. The van der Waals surface area contributed by atoms with Crippen LogP contribution in [0.2, 0.25) is 5.02 Å². The van der Waals surface area contributed by atoms with Gasteiger partial charge in [0.15, 0.2) is 0 Å². The molecule has 2 amide bonds. The van der Waals surface area contributed by atoms with E-state index in [4.69, 9.17) is 21.1 Å². The molecular weight excluding hydrogens is 402 g/mol. The van der Waals surface area contributed by atoms with Crippen LogP contribution < -0.4 is 20.1 Å². The van der Waals surface area contributed by atoms with Crippen LogP contribution in [0, 0.1) is 0 Å². The van der Waals surface area contributed by atoms with Gasteiger partial charge in [0.2, 0.25) is 0 Å². The van der Waals surface area contributed by atoms with Gasteiger partial charge in [-0.25, -0.2) is 4.79 Å². The molecule has 4 aromatic rings. The van der Waals surface area contributed by atoms with E-state index in [0.717, 1.165) is 22.2 Å². The molecule has 0 aliphatic rings. The van der Waals surface area contributed by atoms with Crippen molar-refractivity contribution in [2.75, 3.05) is 24.9 Å². The van der Waals surface area contributed by atoms with Gasteiger partial charge in [0, 0.05) is 33.9 Å². The number of anilines is 2. The molecule has 7 heteroatoms. The molecule has 0 aliphatic carbocycles. The summed E-state index contributed by atoms with van der Waals surface area (Å²) in [5.74, 6) is 0.906. The first-order chi connectivity index (χ1) is 14.6. The number of carbonyl (C=O) groups excluding carboxylic acids is 1. The molecule has 1 aromatic heterocycles. The number of carbonyl (C=O) groups is 1. The lowest BCUT2D eigenvalue weighted by Crippen LogP contribution is -2.19. The van der Waals surface area contributed by atoms with Gasteiger partial charge >= 0.3 is 6.03 Å². The number of hydrogen-bond acceptors (Lipinski definition) is 3. The first-order valence-corrected chi connectivity index (χ1v) is 9.63. The van der Waals surface area contributed by atoms with E-state index in [2.05, 4.69) is 27.8 Å². The van der Waals surface area contributed by atoms with Crippen molar-refractivity contribution in [1.82, 2.24) is 4.98 Å². The molecule has 4 rings (SSSR count). The predicted molar refractivity (Wildman–Crippen MR) is 121 cm³/mol. The molecule has 0 radical (unpaired) electrons. The van der Waals surface area contributed by atoms with Crippen molar-refractivity contribution < 1.29 is 14.3 Å². The fourth-order valence-electron chi connectivity index (χ4n) is 3.24. The molecule has 3 aromatic carbocycles. The van der Waals surface area contributed by atoms with Crippen molar-refractivity contribution in [3.8, 4) is 22.8 Å². The summed E-state index contributed by atoms with van der Waals surface area (Å²) in [4.78, 5) is 15.9. The van der Waals surface area contributed by atoms with Gasteiger partial charge in [-0.3, -0.25) is 0 Å². The molecular formula is C23H20ClN3O3. The van der Waals surface area contributed by atoms with E-state index < -0.39 is 6.03 Å². The number of halogens is 1. The molecule has 1 heterocycles. The number of aromatic amines is 1. The summed E-state index contributed by atoms with van der Waals surface area (Å²) in [6, 6.07) is 20.6. The highest BCUT2D eigenvalue weighted by molar-refractivity contribution is 6.32. The second-order valence-corrected chi connectivity index (χ2v) is 7.02. The van der Waals surface area contributed by atoms with Gasteiger partial charge < -0.3 is 25.1 Å². The van der Waals surface area contributed by atoms with Crippen LogP contribution in [0.4, 0.5) is 16.2 Å². The van der Waals surface area contributed by atoms with E-state index >= 15 is 0 Å². The molecule has 6 nitrogen and oxygen atoms in total. The highest BCUT2D eigenvalue weighted by atomic mass is 35.5. The molecule has 3 N–H and O–H groups in total. The average molecular weight is 422 g/mol. The van der Waals surface area contributed by atoms with Crippen molar-refractivity contribution in [1.29, 1.82) is 0 Å². The third-order valence-corrected chi connectivity index (χ3v) is 4.98. The number of benzene rings is 3. The Hall–Kier alpha value is -3.64. The minimum Gasteiger partial charge on any atom is -0.495 e. The van der Waals surface area contributed by atoms with E-state index in [-0.39, 0.29) is 0 Å². The summed E-state index contributed by atoms with van der Waals surface area (Å²) >= 11 is 6.17. The third-order valence-electron chi connectivity index (χ3n) is 4.68. The number of aromatic nitrogens is 1. The van der Waals surface area contributed by atoms with Crippen LogP contribution in [0.3, 0.4) is 0 Å². The predicted octanol–water partition coefficient (Wildman–Crippen LogP) is 6.15. The zero-order valence-corrected chi connectivity index (χ0v) is 17.2. The lowest BCUT2D eigenvalue weighted by Gasteiger charge is -2.14. The highest BCUT2D eigenvalue weighted by Gasteiger charge is 2.13. The van der Waals surface area contributed by atoms with E-state index in [1.165, 1.54) is 14.2 Å². The summed E-state index contributed by atoms with van der Waals surface area (Å²) in [6.45, 7) is 0. The molecule has 0 spiro atoms. The Kier molecular flexibility index (Phi) is 5.50. The van der Waals surface area contributed by atoms with Crippen molar-refractivity contribution >= 4 is 39.9 Å². The van der Waals surface area contributed by atoms with Crippen LogP contribution in [-0.4, -0.2) is 25.2 Å². The van der Waals surface area contributed by atoms with E-state index in [1.54, 1.807) is 12.1 Å². The van der Waals surface area contributed by atoms with Crippen LogP contribution >= 0.6 is 11.6 Å². The van der Waals surface area contributed by atoms with Gasteiger partial charge in [0.05, 0.1) is 24.9 Å². The van der Waals surface area contributed by atoms with Crippen molar-refractivity contribution in [2.45, 2.75) is 0 Å². The van der Waals surface area contributed by atoms with Gasteiger partial charge in [-0.15, -0.1) is 0 Å². The van der Waals surface area contributed by atoms with E-state index in [9.17, 15) is 4.79 Å². The van der Waals surface area contributed by atoms with Crippen LogP contribution in [0.5, 0.6) is 11.5 Å². The lowest BCUT2D eigenvalue weighted by molar-refractivity contribution is 0.262. The van der Waals surface area contributed by atoms with Gasteiger partial charge in [-0.1, -0.05) is 41.9 Å². The molecule has 0 aliphatic heterocycles. The largest absolute Gasteiger partial charge is 0.495 e. The Labute approximate surface area is 178 Å². The maximum atomic E-state index is 12.5. The number of urea groups is 1. The van der Waals surface area contributed by atoms with Crippen LogP contribution in [0.15, 0.2) is 66.7 Å². The second-order valence-electron chi connectivity index (χ2n) is 6.62. The Morgan fingerprint density at radius 3 is 2.47 bits per heavy atom. The number of rotatable bonds is 5. The van der Waals surface area contributed by atoms with Gasteiger partial charge in [-0.05, 0) is 30.3 Å². The van der Waals surface area contributed by atoms with Crippen LogP contribution in [0.1, 0.15) is 0 Å². The molecule has 0 fully saturated rings. The zero-order chi connectivity index (χ0) is 21.1. The minimum atomic E-state index is -0.414. The second kappa shape index (κ2) is 8.39. The number of nitrogens with one attached hydrogen (secondary N) is 3. The van der Waals surface area contributed by atoms with Crippen LogP contribution in [0.25, 0.3) is 22.2 Å². The molecule has 0 unspecified atom stereocenters. The van der Waals surface area contributed by atoms with Crippen molar-refractivity contribution in [2.24, 2.45) is 0 Å². The number of H-pyrrole nitrogens is 1. The molecule has 0 saturated carbocycles. The average Bonchev–Trinajstić information content (AvgIpc) is 3.18. The third kappa shape index (κ3) is 4.04. The minimum absolute atomic E-state index is 0.370. The topological polar surface area (TPSA) is 75.4 Å². The lowest BCUT2D eigenvalue weighted by atomic mass is 10.1. The number of para-hydroxylation sites is 1. The van der Waals surface area contributed by atoms with Gasteiger partial charge in [0.1, 0.15) is 11.5 Å². The Balaban J connectivity index is 1.53. The summed E-state index contributed by atoms with van der Waals surface area (Å²) in [7, 11) is 3.02. The van der Waals surface area contributed by atoms with Crippen molar-refractivity contribution in [3.05, 3.63) is 71.8 Å². The Bertz CT molecular complexity index is 1190. The van der Waals surface area contributed by atoms with Crippen molar-refractivity contribution in [3.63, 3.8) is 0 Å². The zero-order valence-electron chi connectivity index (χ0n) is 16.5.